The summed E-state index contributed by atoms with van der Waals surface area (Å²) in [5, 5.41) is -0.340. The van der Waals surface area contributed by atoms with Crippen LogP contribution in [0.5, 0.6) is 0 Å². The molecule has 1 aliphatic heterocycles. The summed E-state index contributed by atoms with van der Waals surface area (Å²) in [6.07, 6.45) is 1.88. The van der Waals surface area contributed by atoms with Gasteiger partial charge < -0.3 is 0 Å². The summed E-state index contributed by atoms with van der Waals surface area (Å²) >= 11 is 0. The second-order valence-corrected chi connectivity index (χ2v) is 7.29. The Bertz CT molecular complexity index is 494. The second kappa shape index (κ2) is 4.78. The van der Waals surface area contributed by atoms with Crippen LogP contribution in [0.15, 0.2) is 24.3 Å². The monoisotopic (exact) mass is 253 g/mol. The SMILES string of the molecule is CC(C)S(=O)(=O)N1CCCc2ccccc2C1. The van der Waals surface area contributed by atoms with Crippen LogP contribution in [0.4, 0.5) is 0 Å². The molecule has 0 N–H and O–H groups in total. The van der Waals surface area contributed by atoms with E-state index in [4.69, 9.17) is 0 Å². The molecule has 0 saturated heterocycles. The van der Waals surface area contributed by atoms with Crippen molar-refractivity contribution in [3.63, 3.8) is 0 Å². The molecular weight excluding hydrogens is 234 g/mol. The standard InChI is InChI=1S/C13H19NO2S/c1-11(2)17(15,16)14-9-5-8-12-6-3-4-7-13(12)10-14/h3-4,6-7,11H,5,8-10H2,1-2H3. The minimum atomic E-state index is -3.13. The molecule has 1 aliphatic rings. The van der Waals surface area contributed by atoms with E-state index in [9.17, 15) is 8.42 Å². The van der Waals surface area contributed by atoms with E-state index in [2.05, 4.69) is 6.07 Å². The van der Waals surface area contributed by atoms with Gasteiger partial charge in [-0.05, 0) is 37.8 Å². The minimum Gasteiger partial charge on any atom is -0.212 e. The number of benzene rings is 1. The van der Waals surface area contributed by atoms with Crippen molar-refractivity contribution in [2.24, 2.45) is 0 Å². The van der Waals surface area contributed by atoms with Crippen molar-refractivity contribution in [3.05, 3.63) is 35.4 Å². The molecule has 94 valence electrons. The van der Waals surface area contributed by atoms with Gasteiger partial charge in [-0.15, -0.1) is 0 Å². The predicted molar refractivity (Wildman–Crippen MR) is 69.2 cm³/mol. The fourth-order valence-corrected chi connectivity index (χ4v) is 3.48. The highest BCUT2D eigenvalue weighted by atomic mass is 32.2. The van der Waals surface area contributed by atoms with Gasteiger partial charge in [-0.25, -0.2) is 8.42 Å². The maximum absolute atomic E-state index is 12.2. The third-order valence-corrected chi connectivity index (χ3v) is 5.50. The smallest absolute Gasteiger partial charge is 0.212 e. The van der Waals surface area contributed by atoms with Crippen LogP contribution in [0.1, 0.15) is 31.4 Å². The zero-order valence-corrected chi connectivity index (χ0v) is 11.2. The molecule has 17 heavy (non-hydrogen) atoms. The van der Waals surface area contributed by atoms with E-state index in [0.29, 0.717) is 13.1 Å². The molecule has 0 unspecified atom stereocenters. The molecule has 1 aromatic carbocycles. The van der Waals surface area contributed by atoms with Gasteiger partial charge in [0.25, 0.3) is 0 Å². The number of hydrogen-bond acceptors (Lipinski definition) is 2. The van der Waals surface area contributed by atoms with Crippen LogP contribution < -0.4 is 0 Å². The largest absolute Gasteiger partial charge is 0.216 e. The Hall–Kier alpha value is -0.870. The zero-order chi connectivity index (χ0) is 12.5. The lowest BCUT2D eigenvalue weighted by Crippen LogP contribution is -2.36. The highest BCUT2D eigenvalue weighted by molar-refractivity contribution is 7.89. The van der Waals surface area contributed by atoms with Crippen LogP contribution in [0, 0.1) is 0 Å². The first-order valence-electron chi connectivity index (χ1n) is 6.07. The van der Waals surface area contributed by atoms with Crippen LogP contribution in [0.25, 0.3) is 0 Å². The van der Waals surface area contributed by atoms with Crippen LogP contribution >= 0.6 is 0 Å². The molecule has 0 aromatic heterocycles. The maximum Gasteiger partial charge on any atom is 0.216 e. The van der Waals surface area contributed by atoms with Gasteiger partial charge in [-0.2, -0.15) is 4.31 Å². The molecule has 0 radical (unpaired) electrons. The molecule has 2 rings (SSSR count). The Balaban J connectivity index is 2.31. The van der Waals surface area contributed by atoms with Gasteiger partial charge >= 0.3 is 0 Å². The van der Waals surface area contributed by atoms with E-state index in [1.54, 1.807) is 18.2 Å². The molecule has 1 aromatic rings. The first-order chi connectivity index (χ1) is 8.01. The van der Waals surface area contributed by atoms with Crippen molar-refractivity contribution >= 4 is 10.0 Å². The number of hydrogen-bond donors (Lipinski definition) is 0. The number of rotatable bonds is 2. The summed E-state index contributed by atoms with van der Waals surface area (Å²) in [5.41, 5.74) is 2.43. The number of aryl methyl sites for hydroxylation is 1. The van der Waals surface area contributed by atoms with Crippen molar-refractivity contribution in [3.8, 4) is 0 Å². The third kappa shape index (κ3) is 2.53. The summed E-state index contributed by atoms with van der Waals surface area (Å²) < 4.78 is 26.0. The van der Waals surface area contributed by atoms with E-state index in [-0.39, 0.29) is 5.25 Å². The van der Waals surface area contributed by atoms with Crippen LogP contribution in [0.3, 0.4) is 0 Å². The molecular formula is C13H19NO2S. The average Bonchev–Trinajstić information content (AvgIpc) is 2.50. The number of sulfonamides is 1. The first kappa shape index (κ1) is 12.6. The quantitative estimate of drug-likeness (QED) is 0.810. The second-order valence-electron chi connectivity index (χ2n) is 4.80. The third-order valence-electron chi connectivity index (χ3n) is 3.27. The topological polar surface area (TPSA) is 37.4 Å². The van der Waals surface area contributed by atoms with Gasteiger partial charge in [0.05, 0.1) is 5.25 Å². The minimum absolute atomic E-state index is 0.340. The summed E-state index contributed by atoms with van der Waals surface area (Å²) in [7, 11) is -3.13. The fourth-order valence-electron chi connectivity index (χ4n) is 2.19. The van der Waals surface area contributed by atoms with Crippen LogP contribution in [-0.4, -0.2) is 24.5 Å². The van der Waals surface area contributed by atoms with Crippen LogP contribution in [-0.2, 0) is 23.0 Å². The van der Waals surface area contributed by atoms with Gasteiger partial charge in [0.1, 0.15) is 0 Å². The maximum atomic E-state index is 12.2. The predicted octanol–water partition coefficient (Wildman–Crippen LogP) is 2.17. The van der Waals surface area contributed by atoms with E-state index in [1.165, 1.54) is 5.56 Å². The Morgan fingerprint density at radius 3 is 2.47 bits per heavy atom. The average molecular weight is 253 g/mol. The molecule has 0 aliphatic carbocycles. The van der Waals surface area contributed by atoms with Gasteiger partial charge in [-0.1, -0.05) is 24.3 Å². The first-order valence-corrected chi connectivity index (χ1v) is 7.58. The fraction of sp³-hybridized carbons (Fsp3) is 0.538. The highest BCUT2D eigenvalue weighted by Gasteiger charge is 2.27. The van der Waals surface area contributed by atoms with Crippen molar-refractivity contribution in [2.75, 3.05) is 6.54 Å². The van der Waals surface area contributed by atoms with Gasteiger partial charge in [-0.3, -0.25) is 0 Å². The molecule has 0 spiro atoms. The summed E-state index contributed by atoms with van der Waals surface area (Å²) in [4.78, 5) is 0. The van der Waals surface area contributed by atoms with Crippen molar-refractivity contribution in [2.45, 2.75) is 38.5 Å². The van der Waals surface area contributed by atoms with Crippen molar-refractivity contribution in [1.29, 1.82) is 0 Å². The van der Waals surface area contributed by atoms with E-state index in [1.807, 2.05) is 18.2 Å². The lowest BCUT2D eigenvalue weighted by molar-refractivity contribution is 0.405. The van der Waals surface area contributed by atoms with E-state index >= 15 is 0 Å². The summed E-state index contributed by atoms with van der Waals surface area (Å²) in [6.45, 7) is 4.64. The summed E-state index contributed by atoms with van der Waals surface area (Å²) in [5.74, 6) is 0. The molecule has 0 atom stereocenters. The Morgan fingerprint density at radius 1 is 1.18 bits per heavy atom. The molecule has 3 nitrogen and oxygen atoms in total. The number of fused-ring (bicyclic) bond motifs is 1. The number of nitrogens with zero attached hydrogens (tertiary/aromatic N) is 1. The Morgan fingerprint density at radius 2 is 1.82 bits per heavy atom. The van der Waals surface area contributed by atoms with Crippen molar-refractivity contribution < 1.29 is 8.42 Å². The molecule has 0 saturated carbocycles. The van der Waals surface area contributed by atoms with E-state index < -0.39 is 10.0 Å². The van der Waals surface area contributed by atoms with Gasteiger partial charge in [0.15, 0.2) is 0 Å². The molecule has 1 heterocycles. The van der Waals surface area contributed by atoms with Gasteiger partial charge in [0, 0.05) is 13.1 Å². The molecule has 0 amide bonds. The normalized spacial score (nSPS) is 17.8. The van der Waals surface area contributed by atoms with Gasteiger partial charge in [0.2, 0.25) is 10.0 Å². The Labute approximate surface area is 104 Å². The zero-order valence-electron chi connectivity index (χ0n) is 10.4. The molecule has 0 bridgehead atoms. The molecule has 4 heteroatoms. The Kier molecular flexibility index (Phi) is 3.54. The lowest BCUT2D eigenvalue weighted by Gasteiger charge is -2.22. The van der Waals surface area contributed by atoms with Crippen LogP contribution in [0.2, 0.25) is 0 Å². The lowest BCUT2D eigenvalue weighted by atomic mass is 10.0. The highest BCUT2D eigenvalue weighted by Crippen LogP contribution is 2.22. The molecule has 0 fully saturated rings. The van der Waals surface area contributed by atoms with E-state index in [0.717, 1.165) is 18.4 Å². The summed E-state index contributed by atoms with van der Waals surface area (Å²) in [6, 6.07) is 8.13. The van der Waals surface area contributed by atoms with Crippen molar-refractivity contribution in [1.82, 2.24) is 4.31 Å².